The lowest BCUT2D eigenvalue weighted by atomic mass is 9.86. The van der Waals surface area contributed by atoms with Crippen molar-refractivity contribution in [1.29, 1.82) is 0 Å². The zero-order valence-electron chi connectivity index (χ0n) is 9.30. The molecule has 0 bridgehead atoms. The molecule has 5 heteroatoms. The van der Waals surface area contributed by atoms with Crippen LogP contribution in [0.2, 0.25) is 0 Å². The first-order chi connectivity index (χ1) is 7.01. The van der Waals surface area contributed by atoms with Crippen LogP contribution in [0.4, 0.5) is 0 Å². The minimum Gasteiger partial charge on any atom is -0.354 e. The highest BCUT2D eigenvalue weighted by Gasteiger charge is 2.32. The highest BCUT2D eigenvalue weighted by molar-refractivity contribution is 5.85. The first kappa shape index (κ1) is 12.0. The van der Waals surface area contributed by atoms with Crippen molar-refractivity contribution >= 4 is 11.8 Å². The smallest absolute Gasteiger partial charge is 0.227 e. The van der Waals surface area contributed by atoms with Gasteiger partial charge in [-0.25, -0.2) is 0 Å². The molecule has 2 unspecified atom stereocenters. The van der Waals surface area contributed by atoms with E-state index in [9.17, 15) is 9.59 Å². The Labute approximate surface area is 89.8 Å². The van der Waals surface area contributed by atoms with Crippen molar-refractivity contribution in [3.8, 4) is 0 Å². The fraction of sp³-hybridized carbons (Fsp3) is 0.800. The number of hydrogen-bond donors (Lipinski definition) is 3. The van der Waals surface area contributed by atoms with E-state index < -0.39 is 5.41 Å². The standard InChI is InChI=1S/C10H19N3O2/c1-3-10(2,6-11)9(15)13-7-4-8(14)12-5-7/h7H,3-6,11H2,1-2H3,(H,12,14)(H,13,15). The van der Waals surface area contributed by atoms with Gasteiger partial charge in [0.25, 0.3) is 0 Å². The fourth-order valence-electron chi connectivity index (χ4n) is 1.46. The van der Waals surface area contributed by atoms with Crippen LogP contribution in [-0.4, -0.2) is 30.9 Å². The third kappa shape index (κ3) is 2.68. The third-order valence-corrected chi connectivity index (χ3v) is 3.09. The summed E-state index contributed by atoms with van der Waals surface area (Å²) in [6, 6.07) is -0.0811. The van der Waals surface area contributed by atoms with Crippen molar-refractivity contribution in [2.45, 2.75) is 32.7 Å². The molecule has 1 heterocycles. The number of carbonyl (C=O) groups excluding carboxylic acids is 2. The quantitative estimate of drug-likeness (QED) is 0.581. The molecule has 1 aliphatic heterocycles. The predicted molar refractivity (Wildman–Crippen MR) is 57.0 cm³/mol. The molecule has 0 radical (unpaired) electrons. The zero-order chi connectivity index (χ0) is 11.5. The molecule has 0 aliphatic carbocycles. The summed E-state index contributed by atoms with van der Waals surface area (Å²) in [4.78, 5) is 22.8. The van der Waals surface area contributed by atoms with Gasteiger partial charge < -0.3 is 16.4 Å². The summed E-state index contributed by atoms with van der Waals surface area (Å²) >= 11 is 0. The van der Waals surface area contributed by atoms with E-state index in [1.54, 1.807) is 0 Å². The summed E-state index contributed by atoms with van der Waals surface area (Å²) in [6.07, 6.45) is 1.07. The van der Waals surface area contributed by atoms with Crippen molar-refractivity contribution in [2.24, 2.45) is 11.1 Å². The van der Waals surface area contributed by atoms with Crippen LogP contribution in [0, 0.1) is 5.41 Å². The van der Waals surface area contributed by atoms with Crippen molar-refractivity contribution < 1.29 is 9.59 Å². The predicted octanol–water partition coefficient (Wildman–Crippen LogP) is -0.634. The summed E-state index contributed by atoms with van der Waals surface area (Å²) < 4.78 is 0. The van der Waals surface area contributed by atoms with E-state index in [0.29, 0.717) is 25.9 Å². The molecule has 86 valence electrons. The Morgan fingerprint density at radius 3 is 2.80 bits per heavy atom. The van der Waals surface area contributed by atoms with Crippen molar-refractivity contribution in [3.63, 3.8) is 0 Å². The number of nitrogens with two attached hydrogens (primary N) is 1. The molecule has 1 fully saturated rings. The van der Waals surface area contributed by atoms with Crippen LogP contribution < -0.4 is 16.4 Å². The molecule has 4 N–H and O–H groups in total. The first-order valence-electron chi connectivity index (χ1n) is 5.29. The van der Waals surface area contributed by atoms with E-state index in [2.05, 4.69) is 10.6 Å². The molecule has 15 heavy (non-hydrogen) atoms. The molecule has 1 saturated heterocycles. The fourth-order valence-corrected chi connectivity index (χ4v) is 1.46. The monoisotopic (exact) mass is 213 g/mol. The van der Waals surface area contributed by atoms with Crippen molar-refractivity contribution in [2.75, 3.05) is 13.1 Å². The molecule has 0 aromatic carbocycles. The summed E-state index contributed by atoms with van der Waals surface area (Å²) in [5.41, 5.74) is 5.05. The lowest BCUT2D eigenvalue weighted by Gasteiger charge is -2.26. The largest absolute Gasteiger partial charge is 0.354 e. The Morgan fingerprint density at radius 2 is 2.40 bits per heavy atom. The molecule has 0 spiro atoms. The molecule has 0 saturated carbocycles. The topological polar surface area (TPSA) is 84.2 Å². The van der Waals surface area contributed by atoms with Crippen LogP contribution in [0.3, 0.4) is 0 Å². The van der Waals surface area contributed by atoms with Gasteiger partial charge in [-0.3, -0.25) is 9.59 Å². The van der Waals surface area contributed by atoms with Gasteiger partial charge in [0.15, 0.2) is 0 Å². The Kier molecular flexibility index (Phi) is 3.68. The van der Waals surface area contributed by atoms with Gasteiger partial charge in [0.2, 0.25) is 11.8 Å². The second-order valence-electron chi connectivity index (χ2n) is 4.30. The Bertz CT molecular complexity index is 261. The molecular weight excluding hydrogens is 194 g/mol. The van der Waals surface area contributed by atoms with Gasteiger partial charge in [-0.1, -0.05) is 6.92 Å². The second-order valence-corrected chi connectivity index (χ2v) is 4.30. The number of rotatable bonds is 4. The van der Waals surface area contributed by atoms with Gasteiger partial charge in [0.1, 0.15) is 0 Å². The van der Waals surface area contributed by atoms with E-state index in [-0.39, 0.29) is 17.9 Å². The lowest BCUT2D eigenvalue weighted by Crippen LogP contribution is -2.48. The van der Waals surface area contributed by atoms with Gasteiger partial charge >= 0.3 is 0 Å². The van der Waals surface area contributed by atoms with Gasteiger partial charge in [-0.15, -0.1) is 0 Å². The van der Waals surface area contributed by atoms with Crippen molar-refractivity contribution in [3.05, 3.63) is 0 Å². The van der Waals surface area contributed by atoms with Crippen LogP contribution in [0.1, 0.15) is 26.7 Å². The summed E-state index contributed by atoms with van der Waals surface area (Å²) in [5, 5.41) is 5.53. The SMILES string of the molecule is CCC(C)(CN)C(=O)NC1CNC(=O)C1. The van der Waals surface area contributed by atoms with Gasteiger partial charge in [-0.2, -0.15) is 0 Å². The molecule has 0 aromatic heterocycles. The Balaban J connectivity index is 2.51. The summed E-state index contributed by atoms with van der Waals surface area (Å²) in [7, 11) is 0. The maximum absolute atomic E-state index is 11.9. The molecule has 1 rings (SSSR count). The second kappa shape index (κ2) is 4.61. The minimum atomic E-state index is -0.522. The van der Waals surface area contributed by atoms with E-state index in [1.165, 1.54) is 0 Å². The van der Waals surface area contributed by atoms with Gasteiger partial charge in [0, 0.05) is 19.5 Å². The molecule has 2 atom stereocenters. The number of carbonyl (C=O) groups is 2. The average molecular weight is 213 g/mol. The van der Waals surface area contributed by atoms with E-state index in [4.69, 9.17) is 5.73 Å². The van der Waals surface area contributed by atoms with Crippen LogP contribution in [-0.2, 0) is 9.59 Å². The Hall–Kier alpha value is -1.10. The summed E-state index contributed by atoms with van der Waals surface area (Å²) in [5.74, 6) is -0.0692. The van der Waals surface area contributed by atoms with Crippen molar-refractivity contribution in [1.82, 2.24) is 10.6 Å². The number of amides is 2. The average Bonchev–Trinajstić information content (AvgIpc) is 2.62. The first-order valence-corrected chi connectivity index (χ1v) is 5.29. The zero-order valence-corrected chi connectivity index (χ0v) is 9.30. The minimum absolute atomic E-state index is 0.00810. The maximum Gasteiger partial charge on any atom is 0.227 e. The lowest BCUT2D eigenvalue weighted by molar-refractivity contribution is -0.130. The van der Waals surface area contributed by atoms with E-state index >= 15 is 0 Å². The van der Waals surface area contributed by atoms with Crippen LogP contribution >= 0.6 is 0 Å². The summed E-state index contributed by atoms with van der Waals surface area (Å²) in [6.45, 7) is 4.62. The highest BCUT2D eigenvalue weighted by atomic mass is 16.2. The molecule has 2 amide bonds. The van der Waals surface area contributed by atoms with Crippen LogP contribution in [0.15, 0.2) is 0 Å². The highest BCUT2D eigenvalue weighted by Crippen LogP contribution is 2.19. The number of hydrogen-bond acceptors (Lipinski definition) is 3. The molecule has 5 nitrogen and oxygen atoms in total. The Morgan fingerprint density at radius 1 is 1.73 bits per heavy atom. The molecule has 0 aromatic rings. The molecule has 1 aliphatic rings. The van der Waals surface area contributed by atoms with Crippen LogP contribution in [0.5, 0.6) is 0 Å². The van der Waals surface area contributed by atoms with E-state index in [0.717, 1.165) is 0 Å². The van der Waals surface area contributed by atoms with Gasteiger partial charge in [-0.05, 0) is 13.3 Å². The normalized spacial score (nSPS) is 24.5. The van der Waals surface area contributed by atoms with Crippen LogP contribution in [0.25, 0.3) is 0 Å². The molecular formula is C10H19N3O2. The number of nitrogens with one attached hydrogen (secondary N) is 2. The van der Waals surface area contributed by atoms with E-state index in [1.807, 2.05) is 13.8 Å². The third-order valence-electron chi connectivity index (χ3n) is 3.09. The maximum atomic E-state index is 11.9. The van der Waals surface area contributed by atoms with Gasteiger partial charge in [0.05, 0.1) is 11.5 Å².